The molecule has 1 amide bonds. The lowest BCUT2D eigenvalue weighted by molar-refractivity contribution is -0.117. The summed E-state index contributed by atoms with van der Waals surface area (Å²) in [5.74, 6) is 1.80. The van der Waals surface area contributed by atoms with E-state index in [0.717, 1.165) is 17.0 Å². The van der Waals surface area contributed by atoms with Crippen molar-refractivity contribution >= 4 is 11.6 Å². The van der Waals surface area contributed by atoms with Gasteiger partial charge in [-0.3, -0.25) is 4.79 Å². The Morgan fingerprint density at radius 2 is 1.85 bits per heavy atom. The molecular formula is C21H21N3O3. The van der Waals surface area contributed by atoms with Crippen molar-refractivity contribution in [2.45, 2.75) is 32.3 Å². The molecule has 1 aliphatic heterocycles. The largest absolute Gasteiger partial charge is 0.491 e. The van der Waals surface area contributed by atoms with Crippen LogP contribution in [0.2, 0.25) is 0 Å². The second kappa shape index (κ2) is 7.23. The quantitative estimate of drug-likeness (QED) is 0.684. The predicted octanol–water partition coefficient (Wildman–Crippen LogP) is 4.04. The van der Waals surface area contributed by atoms with Gasteiger partial charge in [0.15, 0.2) is 0 Å². The summed E-state index contributed by atoms with van der Waals surface area (Å²) in [6.07, 6.45) is 0.498. The highest BCUT2D eigenvalue weighted by molar-refractivity contribution is 5.96. The third-order valence-corrected chi connectivity index (χ3v) is 4.47. The van der Waals surface area contributed by atoms with E-state index in [2.05, 4.69) is 10.1 Å². The summed E-state index contributed by atoms with van der Waals surface area (Å²) in [6, 6.07) is 17.2. The fourth-order valence-corrected chi connectivity index (χ4v) is 3.20. The van der Waals surface area contributed by atoms with Gasteiger partial charge in [-0.15, -0.1) is 0 Å². The summed E-state index contributed by atoms with van der Waals surface area (Å²) >= 11 is 0. The van der Waals surface area contributed by atoms with Gasteiger partial charge in [-0.1, -0.05) is 23.4 Å². The van der Waals surface area contributed by atoms with Crippen LogP contribution < -0.4 is 9.64 Å². The number of carbonyl (C=O) groups excluding carboxylic acids is 1. The van der Waals surface area contributed by atoms with Gasteiger partial charge >= 0.3 is 0 Å². The maximum Gasteiger partial charge on any atom is 0.232 e. The van der Waals surface area contributed by atoms with E-state index in [1.165, 1.54) is 0 Å². The van der Waals surface area contributed by atoms with E-state index in [4.69, 9.17) is 9.26 Å². The molecule has 1 unspecified atom stereocenters. The molecule has 27 heavy (non-hydrogen) atoms. The number of rotatable bonds is 5. The number of amides is 1. The Balaban J connectivity index is 1.49. The standard InChI is InChI=1S/C21H21N3O3/c1-14(2)26-18-10-8-15(9-11-18)20-22-21(27-23-20)16-12-19(25)24(13-16)17-6-4-3-5-7-17/h3-11,14,16H,12-13H2,1-2H3. The summed E-state index contributed by atoms with van der Waals surface area (Å²) in [5.41, 5.74) is 1.75. The van der Waals surface area contributed by atoms with E-state index in [1.54, 1.807) is 4.90 Å². The number of nitrogens with zero attached hydrogens (tertiary/aromatic N) is 3. The summed E-state index contributed by atoms with van der Waals surface area (Å²) < 4.78 is 11.1. The molecule has 4 rings (SSSR count). The lowest BCUT2D eigenvalue weighted by atomic mass is 10.1. The van der Waals surface area contributed by atoms with Crippen LogP contribution in [0.3, 0.4) is 0 Å². The van der Waals surface area contributed by atoms with Gasteiger partial charge in [-0.25, -0.2) is 0 Å². The molecular weight excluding hydrogens is 342 g/mol. The first-order valence-electron chi connectivity index (χ1n) is 9.06. The molecule has 0 saturated carbocycles. The van der Waals surface area contributed by atoms with Crippen LogP contribution in [-0.4, -0.2) is 28.7 Å². The zero-order valence-electron chi connectivity index (χ0n) is 15.3. The van der Waals surface area contributed by atoms with Crippen molar-refractivity contribution in [1.82, 2.24) is 10.1 Å². The first-order chi connectivity index (χ1) is 13.1. The molecule has 6 nitrogen and oxygen atoms in total. The average Bonchev–Trinajstić information content (AvgIpc) is 3.29. The molecule has 0 N–H and O–H groups in total. The Morgan fingerprint density at radius 3 is 2.56 bits per heavy atom. The fraction of sp³-hybridized carbons (Fsp3) is 0.286. The van der Waals surface area contributed by atoms with Gasteiger partial charge in [-0.2, -0.15) is 4.98 Å². The van der Waals surface area contributed by atoms with Gasteiger partial charge in [0.1, 0.15) is 5.75 Å². The van der Waals surface area contributed by atoms with Crippen LogP contribution in [0.1, 0.15) is 32.1 Å². The van der Waals surface area contributed by atoms with E-state index >= 15 is 0 Å². The average molecular weight is 363 g/mol. The van der Waals surface area contributed by atoms with Crippen molar-refractivity contribution in [3.63, 3.8) is 0 Å². The molecule has 1 fully saturated rings. The lowest BCUT2D eigenvalue weighted by Gasteiger charge is -2.15. The van der Waals surface area contributed by atoms with Crippen molar-refractivity contribution in [2.24, 2.45) is 0 Å². The molecule has 138 valence electrons. The van der Waals surface area contributed by atoms with E-state index in [0.29, 0.717) is 24.7 Å². The van der Waals surface area contributed by atoms with Gasteiger partial charge in [-0.05, 0) is 50.2 Å². The topological polar surface area (TPSA) is 68.5 Å². The Hall–Kier alpha value is -3.15. The van der Waals surface area contributed by atoms with E-state index < -0.39 is 0 Å². The minimum absolute atomic E-state index is 0.0705. The summed E-state index contributed by atoms with van der Waals surface area (Å²) in [7, 11) is 0. The number of hydrogen-bond donors (Lipinski definition) is 0. The monoisotopic (exact) mass is 363 g/mol. The van der Waals surface area contributed by atoms with E-state index in [1.807, 2.05) is 68.4 Å². The van der Waals surface area contributed by atoms with Crippen molar-refractivity contribution in [1.29, 1.82) is 0 Å². The second-order valence-corrected chi connectivity index (χ2v) is 6.89. The normalized spacial score (nSPS) is 16.9. The van der Waals surface area contributed by atoms with Gasteiger partial charge in [0.2, 0.25) is 17.6 Å². The molecule has 0 aliphatic carbocycles. The minimum Gasteiger partial charge on any atom is -0.491 e. The van der Waals surface area contributed by atoms with Crippen molar-refractivity contribution < 1.29 is 14.1 Å². The van der Waals surface area contributed by atoms with E-state index in [9.17, 15) is 4.79 Å². The highest BCUT2D eigenvalue weighted by Crippen LogP contribution is 2.32. The Kier molecular flexibility index (Phi) is 4.62. The SMILES string of the molecule is CC(C)Oc1ccc(-c2noc(C3CC(=O)N(c4ccccc4)C3)n2)cc1. The molecule has 3 aromatic rings. The van der Waals surface area contributed by atoms with Crippen LogP contribution in [-0.2, 0) is 4.79 Å². The molecule has 2 heterocycles. The van der Waals surface area contributed by atoms with Crippen LogP contribution in [0.4, 0.5) is 5.69 Å². The van der Waals surface area contributed by atoms with Crippen molar-refractivity contribution in [2.75, 3.05) is 11.4 Å². The molecule has 1 aliphatic rings. The maximum atomic E-state index is 12.4. The predicted molar refractivity (Wildman–Crippen MR) is 102 cm³/mol. The number of anilines is 1. The molecule has 2 aromatic carbocycles. The Bertz CT molecular complexity index is 919. The molecule has 0 spiro atoms. The van der Waals surface area contributed by atoms with Crippen LogP contribution >= 0.6 is 0 Å². The molecule has 1 aromatic heterocycles. The van der Waals surface area contributed by atoms with Crippen LogP contribution in [0, 0.1) is 0 Å². The van der Waals surface area contributed by atoms with Gasteiger partial charge < -0.3 is 14.2 Å². The third kappa shape index (κ3) is 3.69. The first-order valence-corrected chi connectivity index (χ1v) is 9.06. The van der Waals surface area contributed by atoms with Crippen LogP contribution in [0.25, 0.3) is 11.4 Å². The molecule has 6 heteroatoms. The van der Waals surface area contributed by atoms with Gasteiger partial charge in [0, 0.05) is 24.2 Å². The van der Waals surface area contributed by atoms with Crippen LogP contribution in [0.5, 0.6) is 5.75 Å². The van der Waals surface area contributed by atoms with Gasteiger partial charge in [0.25, 0.3) is 0 Å². The number of ether oxygens (including phenoxy) is 1. The van der Waals surface area contributed by atoms with Crippen molar-refractivity contribution in [3.05, 3.63) is 60.5 Å². The number of hydrogen-bond acceptors (Lipinski definition) is 5. The number of para-hydroxylation sites is 1. The second-order valence-electron chi connectivity index (χ2n) is 6.89. The summed E-state index contributed by atoms with van der Waals surface area (Å²) in [5, 5.41) is 4.09. The molecule has 1 atom stereocenters. The number of carbonyl (C=O) groups is 1. The number of benzene rings is 2. The Labute approximate surface area is 157 Å². The highest BCUT2D eigenvalue weighted by Gasteiger charge is 2.35. The number of aromatic nitrogens is 2. The first kappa shape index (κ1) is 17.3. The highest BCUT2D eigenvalue weighted by atomic mass is 16.5. The molecule has 1 saturated heterocycles. The minimum atomic E-state index is -0.0949. The van der Waals surface area contributed by atoms with Gasteiger partial charge in [0.05, 0.1) is 12.0 Å². The van der Waals surface area contributed by atoms with Crippen molar-refractivity contribution in [3.8, 4) is 17.1 Å². The Morgan fingerprint density at radius 1 is 1.11 bits per heavy atom. The zero-order valence-corrected chi connectivity index (χ0v) is 15.3. The lowest BCUT2D eigenvalue weighted by Crippen LogP contribution is -2.24. The fourth-order valence-electron chi connectivity index (χ4n) is 3.20. The van der Waals surface area contributed by atoms with Crippen LogP contribution in [0.15, 0.2) is 59.1 Å². The molecule has 0 radical (unpaired) electrons. The third-order valence-electron chi connectivity index (χ3n) is 4.47. The maximum absolute atomic E-state index is 12.4. The van der Waals surface area contributed by atoms with E-state index in [-0.39, 0.29) is 17.9 Å². The summed E-state index contributed by atoms with van der Waals surface area (Å²) in [6.45, 7) is 4.52. The summed E-state index contributed by atoms with van der Waals surface area (Å²) in [4.78, 5) is 18.7. The smallest absolute Gasteiger partial charge is 0.232 e. The molecule has 0 bridgehead atoms. The zero-order chi connectivity index (χ0) is 18.8.